The van der Waals surface area contributed by atoms with E-state index >= 15 is 0 Å². The molecule has 2 aliphatic rings. The summed E-state index contributed by atoms with van der Waals surface area (Å²) >= 11 is 0. The number of halogens is 2. The number of nitrogens with two attached hydrogens (primary N) is 1. The molecule has 1 aromatic carbocycles. The van der Waals surface area contributed by atoms with E-state index in [2.05, 4.69) is 20.6 Å². The van der Waals surface area contributed by atoms with Crippen molar-refractivity contribution in [3.63, 3.8) is 0 Å². The van der Waals surface area contributed by atoms with Gasteiger partial charge in [0.15, 0.2) is 5.65 Å². The van der Waals surface area contributed by atoms with Crippen LogP contribution in [0.3, 0.4) is 0 Å². The molecule has 2 aromatic heterocycles. The van der Waals surface area contributed by atoms with Crippen LogP contribution in [0, 0.1) is 17.6 Å². The molecule has 0 atom stereocenters. The molecule has 1 amide bonds. The van der Waals surface area contributed by atoms with Gasteiger partial charge in [0.05, 0.1) is 6.20 Å². The Morgan fingerprint density at radius 3 is 2.39 bits per heavy atom. The molecule has 2 aliphatic carbocycles. The summed E-state index contributed by atoms with van der Waals surface area (Å²) in [6, 6.07) is 4.00. The molecule has 3 aromatic rings. The monoisotopic (exact) mass is 455 g/mol. The maximum atomic E-state index is 14.4. The second-order valence-corrected chi connectivity index (χ2v) is 8.96. The van der Waals surface area contributed by atoms with Crippen LogP contribution in [0.4, 0.5) is 26.4 Å². The summed E-state index contributed by atoms with van der Waals surface area (Å²) in [5, 5.41) is 6.24. The molecular formula is C23H27F2N7O. The highest BCUT2D eigenvalue weighted by Crippen LogP contribution is 2.37. The molecule has 5 rings (SSSR count). The first-order valence-corrected chi connectivity index (χ1v) is 11.5. The predicted molar refractivity (Wildman–Crippen MR) is 121 cm³/mol. The van der Waals surface area contributed by atoms with Gasteiger partial charge in [-0.3, -0.25) is 9.36 Å². The number of imidazole rings is 1. The molecule has 2 fully saturated rings. The first-order valence-electron chi connectivity index (χ1n) is 11.5. The largest absolute Gasteiger partial charge is 0.369 e. The van der Waals surface area contributed by atoms with Gasteiger partial charge in [-0.25, -0.2) is 18.7 Å². The molecule has 0 unspecified atom stereocenters. The molecule has 8 nitrogen and oxygen atoms in total. The second-order valence-electron chi connectivity index (χ2n) is 8.96. The van der Waals surface area contributed by atoms with Gasteiger partial charge < -0.3 is 16.4 Å². The van der Waals surface area contributed by atoms with Crippen molar-refractivity contribution in [1.82, 2.24) is 19.5 Å². The third-order valence-electron chi connectivity index (χ3n) is 6.78. The quantitative estimate of drug-likeness (QED) is 0.508. The number of hydrogen-bond acceptors (Lipinski definition) is 6. The van der Waals surface area contributed by atoms with E-state index in [1.54, 1.807) is 6.20 Å². The van der Waals surface area contributed by atoms with Crippen LogP contribution in [-0.4, -0.2) is 31.5 Å². The number of fused-ring (bicyclic) bond motifs is 1. The van der Waals surface area contributed by atoms with Gasteiger partial charge in [0.2, 0.25) is 17.8 Å². The Morgan fingerprint density at radius 2 is 1.73 bits per heavy atom. The van der Waals surface area contributed by atoms with Crippen LogP contribution in [0.25, 0.3) is 11.2 Å². The summed E-state index contributed by atoms with van der Waals surface area (Å²) in [6.45, 7) is 0. The standard InChI is InChI=1S/C23H27F2N7O/c24-16-6-3-7-17(25)19(16)30-23-29-18-12-27-22(28-14-4-1-2-5-14)31-21(18)32(23)15-10-8-13(9-11-15)20(26)33/h3,6-7,12-15H,1-2,4-5,8-11H2,(H2,26,33)(H,29,30)(H,27,28,31). The number of hydrogen-bond donors (Lipinski definition) is 3. The maximum Gasteiger partial charge on any atom is 0.224 e. The summed E-state index contributed by atoms with van der Waals surface area (Å²) in [4.78, 5) is 25.3. The number of aromatic nitrogens is 4. The van der Waals surface area contributed by atoms with E-state index in [1.807, 2.05) is 4.57 Å². The summed E-state index contributed by atoms with van der Waals surface area (Å²) in [5.74, 6) is -1.05. The Balaban J connectivity index is 1.53. The van der Waals surface area contributed by atoms with Crippen molar-refractivity contribution in [2.75, 3.05) is 10.6 Å². The van der Waals surface area contributed by atoms with Gasteiger partial charge in [-0.2, -0.15) is 4.98 Å². The van der Waals surface area contributed by atoms with E-state index in [4.69, 9.17) is 10.7 Å². The number of nitrogens with one attached hydrogen (secondary N) is 2. The number of amides is 1. The number of nitrogens with zero attached hydrogens (tertiary/aromatic N) is 4. The SMILES string of the molecule is NC(=O)C1CCC(n2c(Nc3c(F)cccc3F)nc3cnc(NC4CCCC4)nc32)CC1. The Morgan fingerprint density at radius 1 is 1.03 bits per heavy atom. The predicted octanol–water partition coefficient (Wildman–Crippen LogP) is 4.42. The second kappa shape index (κ2) is 8.92. The molecule has 10 heteroatoms. The topological polar surface area (TPSA) is 111 Å². The number of carbonyl (C=O) groups excluding carboxylic acids is 1. The number of primary amides is 1. The zero-order valence-electron chi connectivity index (χ0n) is 18.2. The van der Waals surface area contributed by atoms with E-state index in [0.29, 0.717) is 54.8 Å². The highest BCUT2D eigenvalue weighted by Gasteiger charge is 2.29. The van der Waals surface area contributed by atoms with Gasteiger partial charge in [0.25, 0.3) is 0 Å². The number of carbonyl (C=O) groups is 1. The average Bonchev–Trinajstić information content (AvgIpc) is 3.44. The fourth-order valence-corrected chi connectivity index (χ4v) is 4.99. The molecule has 0 spiro atoms. The van der Waals surface area contributed by atoms with E-state index < -0.39 is 11.6 Å². The van der Waals surface area contributed by atoms with Crippen LogP contribution in [0.2, 0.25) is 0 Å². The highest BCUT2D eigenvalue weighted by atomic mass is 19.1. The van der Waals surface area contributed by atoms with Gasteiger partial charge in [-0.05, 0) is 50.7 Å². The molecule has 0 bridgehead atoms. The van der Waals surface area contributed by atoms with Crippen LogP contribution >= 0.6 is 0 Å². The number of rotatable bonds is 6. The summed E-state index contributed by atoms with van der Waals surface area (Å²) in [7, 11) is 0. The Bertz CT molecular complexity index is 1150. The molecule has 174 valence electrons. The molecule has 33 heavy (non-hydrogen) atoms. The van der Waals surface area contributed by atoms with E-state index in [1.165, 1.54) is 31.0 Å². The molecular weight excluding hydrogens is 428 g/mol. The third-order valence-corrected chi connectivity index (χ3v) is 6.78. The van der Waals surface area contributed by atoms with Crippen LogP contribution in [0.5, 0.6) is 0 Å². The Labute approximate surface area is 190 Å². The Hall–Kier alpha value is -3.30. The summed E-state index contributed by atoms with van der Waals surface area (Å²) < 4.78 is 30.6. The lowest BCUT2D eigenvalue weighted by atomic mass is 9.85. The average molecular weight is 456 g/mol. The van der Waals surface area contributed by atoms with E-state index in [-0.39, 0.29) is 23.6 Å². The molecule has 4 N–H and O–H groups in total. The van der Waals surface area contributed by atoms with Crippen molar-refractivity contribution in [2.45, 2.75) is 63.5 Å². The first-order chi connectivity index (χ1) is 16.0. The van der Waals surface area contributed by atoms with Gasteiger partial charge in [0.1, 0.15) is 22.8 Å². The van der Waals surface area contributed by atoms with Crippen molar-refractivity contribution in [2.24, 2.45) is 11.7 Å². The minimum Gasteiger partial charge on any atom is -0.369 e. The molecule has 0 radical (unpaired) electrons. The lowest BCUT2D eigenvalue weighted by Gasteiger charge is -2.29. The number of para-hydroxylation sites is 1. The van der Waals surface area contributed by atoms with Crippen molar-refractivity contribution >= 4 is 34.7 Å². The zero-order chi connectivity index (χ0) is 22.9. The molecule has 2 saturated carbocycles. The van der Waals surface area contributed by atoms with Gasteiger partial charge in [-0.1, -0.05) is 18.9 Å². The maximum absolute atomic E-state index is 14.4. The molecule has 2 heterocycles. The van der Waals surface area contributed by atoms with Crippen molar-refractivity contribution in [3.05, 3.63) is 36.0 Å². The molecule has 0 aliphatic heterocycles. The van der Waals surface area contributed by atoms with E-state index in [0.717, 1.165) is 12.8 Å². The minimum atomic E-state index is -0.708. The van der Waals surface area contributed by atoms with Crippen LogP contribution in [0.15, 0.2) is 24.4 Å². The smallest absolute Gasteiger partial charge is 0.224 e. The van der Waals surface area contributed by atoms with E-state index in [9.17, 15) is 13.6 Å². The summed E-state index contributed by atoms with van der Waals surface area (Å²) in [5.41, 5.74) is 6.36. The van der Waals surface area contributed by atoms with Gasteiger partial charge in [-0.15, -0.1) is 0 Å². The molecule has 0 saturated heterocycles. The van der Waals surface area contributed by atoms with Crippen LogP contribution < -0.4 is 16.4 Å². The third kappa shape index (κ3) is 4.34. The number of benzene rings is 1. The Kier molecular flexibility index (Phi) is 5.82. The first kappa shape index (κ1) is 21.5. The lowest BCUT2D eigenvalue weighted by Crippen LogP contribution is -2.29. The zero-order valence-corrected chi connectivity index (χ0v) is 18.2. The van der Waals surface area contributed by atoms with Crippen LogP contribution in [0.1, 0.15) is 57.4 Å². The van der Waals surface area contributed by atoms with Gasteiger partial charge in [0, 0.05) is 18.0 Å². The summed E-state index contributed by atoms with van der Waals surface area (Å²) in [6.07, 6.45) is 8.82. The fraction of sp³-hybridized carbons (Fsp3) is 0.478. The lowest BCUT2D eigenvalue weighted by molar-refractivity contribution is -0.122. The van der Waals surface area contributed by atoms with Crippen molar-refractivity contribution in [1.29, 1.82) is 0 Å². The minimum absolute atomic E-state index is 0.0443. The fourth-order valence-electron chi connectivity index (χ4n) is 4.99. The number of anilines is 3. The van der Waals surface area contributed by atoms with Crippen molar-refractivity contribution in [3.8, 4) is 0 Å². The van der Waals surface area contributed by atoms with Crippen molar-refractivity contribution < 1.29 is 13.6 Å². The normalized spacial score (nSPS) is 21.4. The van der Waals surface area contributed by atoms with Crippen LogP contribution in [-0.2, 0) is 4.79 Å². The van der Waals surface area contributed by atoms with Gasteiger partial charge >= 0.3 is 0 Å². The highest BCUT2D eigenvalue weighted by molar-refractivity contribution is 5.78.